The van der Waals surface area contributed by atoms with Crippen LogP contribution in [0.1, 0.15) is 21.5 Å². The molecule has 36 heavy (non-hydrogen) atoms. The lowest BCUT2D eigenvalue weighted by Crippen LogP contribution is -2.22. The zero-order valence-corrected chi connectivity index (χ0v) is 20.5. The molecule has 1 N–H and O–H groups in total. The third-order valence-corrected chi connectivity index (χ3v) is 5.55. The van der Waals surface area contributed by atoms with Gasteiger partial charge in [-0.05, 0) is 29.8 Å². The molecule has 0 radical (unpaired) electrons. The third kappa shape index (κ3) is 5.88. The lowest BCUT2D eigenvalue weighted by atomic mass is 10.1. The van der Waals surface area contributed by atoms with E-state index in [9.17, 15) is 9.59 Å². The van der Waals surface area contributed by atoms with Gasteiger partial charge in [0.05, 0.1) is 25.0 Å². The highest BCUT2D eigenvalue weighted by molar-refractivity contribution is 6.04. The molecule has 7 nitrogen and oxygen atoms in total. The van der Waals surface area contributed by atoms with Gasteiger partial charge < -0.3 is 15.0 Å². The molecule has 0 spiro atoms. The molecule has 0 aliphatic carbocycles. The summed E-state index contributed by atoms with van der Waals surface area (Å²) in [5.74, 6) is -0.0488. The summed E-state index contributed by atoms with van der Waals surface area (Å²) < 4.78 is 7.23. The molecule has 3 aromatic carbocycles. The van der Waals surface area contributed by atoms with Gasteiger partial charge >= 0.3 is 0 Å². The Kier molecular flexibility index (Phi) is 7.60. The number of hydrogen-bond donors (Lipinski definition) is 1. The average molecular weight is 481 g/mol. The second-order valence-electron chi connectivity index (χ2n) is 8.42. The number of nitrogens with one attached hydrogen (secondary N) is 1. The quantitative estimate of drug-likeness (QED) is 0.362. The molecule has 4 rings (SSSR count). The van der Waals surface area contributed by atoms with E-state index in [2.05, 4.69) is 17.4 Å². The maximum absolute atomic E-state index is 12.8. The molecule has 4 aromatic rings. The minimum Gasteiger partial charge on any atom is -0.495 e. The number of amides is 2. The van der Waals surface area contributed by atoms with Crippen LogP contribution in [0.15, 0.2) is 91.1 Å². The SMILES string of the molecule is COc1ccc(C(=O)N(C)C)cc1NC(=O)C=Cc1cn(Cc2ccccc2)nc1-c1ccccc1. The second-order valence-corrected chi connectivity index (χ2v) is 8.42. The number of benzene rings is 3. The molecular formula is C29H28N4O3. The number of carbonyl (C=O) groups excluding carboxylic acids is 2. The lowest BCUT2D eigenvalue weighted by molar-refractivity contribution is -0.111. The van der Waals surface area contributed by atoms with Gasteiger partial charge in [-0.1, -0.05) is 60.7 Å². The molecule has 0 aliphatic heterocycles. The van der Waals surface area contributed by atoms with Crippen LogP contribution in [0.5, 0.6) is 5.75 Å². The molecule has 182 valence electrons. The van der Waals surface area contributed by atoms with Crippen molar-refractivity contribution >= 4 is 23.6 Å². The van der Waals surface area contributed by atoms with Gasteiger partial charge in [0.25, 0.3) is 5.91 Å². The van der Waals surface area contributed by atoms with E-state index in [1.165, 1.54) is 18.1 Å². The molecule has 1 aromatic heterocycles. The van der Waals surface area contributed by atoms with E-state index < -0.39 is 0 Å². The molecule has 1 heterocycles. The molecule has 0 saturated carbocycles. The Morgan fingerprint density at radius 2 is 1.69 bits per heavy atom. The van der Waals surface area contributed by atoms with Crippen molar-refractivity contribution in [1.82, 2.24) is 14.7 Å². The molecule has 0 atom stereocenters. The van der Waals surface area contributed by atoms with Crippen molar-refractivity contribution in [2.45, 2.75) is 6.54 Å². The van der Waals surface area contributed by atoms with Gasteiger partial charge in [0.2, 0.25) is 5.91 Å². The topological polar surface area (TPSA) is 76.5 Å². The van der Waals surface area contributed by atoms with Gasteiger partial charge in [0.1, 0.15) is 5.75 Å². The van der Waals surface area contributed by atoms with Crippen LogP contribution >= 0.6 is 0 Å². The highest BCUT2D eigenvalue weighted by atomic mass is 16.5. The van der Waals surface area contributed by atoms with Gasteiger partial charge in [0.15, 0.2) is 0 Å². The average Bonchev–Trinajstić information content (AvgIpc) is 3.30. The van der Waals surface area contributed by atoms with E-state index in [1.54, 1.807) is 38.4 Å². The summed E-state index contributed by atoms with van der Waals surface area (Å²) in [4.78, 5) is 26.7. The minimum atomic E-state index is -0.349. The second kappa shape index (κ2) is 11.2. The Bertz CT molecular complexity index is 1380. The zero-order valence-electron chi connectivity index (χ0n) is 20.5. The first kappa shape index (κ1) is 24.5. The number of nitrogens with zero attached hydrogens (tertiary/aromatic N) is 3. The van der Waals surface area contributed by atoms with Crippen LogP contribution in [0.2, 0.25) is 0 Å². The van der Waals surface area contributed by atoms with E-state index >= 15 is 0 Å². The Morgan fingerprint density at radius 1 is 1.00 bits per heavy atom. The highest BCUT2D eigenvalue weighted by Gasteiger charge is 2.14. The van der Waals surface area contributed by atoms with Gasteiger partial charge in [0, 0.05) is 43.1 Å². The van der Waals surface area contributed by atoms with Gasteiger partial charge in [-0.25, -0.2) is 0 Å². The summed E-state index contributed by atoms with van der Waals surface area (Å²) in [6, 6.07) is 24.9. The Hall–Kier alpha value is -4.65. The van der Waals surface area contributed by atoms with Crippen LogP contribution in [-0.4, -0.2) is 47.7 Å². The summed E-state index contributed by atoms with van der Waals surface area (Å²) in [5, 5.41) is 7.61. The fourth-order valence-electron chi connectivity index (χ4n) is 3.77. The number of rotatable bonds is 8. The Morgan fingerprint density at radius 3 is 2.36 bits per heavy atom. The highest BCUT2D eigenvalue weighted by Crippen LogP contribution is 2.27. The summed E-state index contributed by atoms with van der Waals surface area (Å²) in [5.41, 5.74) is 4.56. The maximum Gasteiger partial charge on any atom is 0.253 e. The summed E-state index contributed by atoms with van der Waals surface area (Å²) in [6.07, 6.45) is 5.12. The molecule has 0 saturated heterocycles. The fourth-order valence-corrected chi connectivity index (χ4v) is 3.77. The first-order valence-electron chi connectivity index (χ1n) is 11.5. The van der Waals surface area contributed by atoms with Crippen molar-refractivity contribution in [2.75, 3.05) is 26.5 Å². The minimum absolute atomic E-state index is 0.165. The van der Waals surface area contributed by atoms with Crippen LogP contribution in [0.3, 0.4) is 0 Å². The molecule has 0 aliphatic rings. The fraction of sp³-hybridized carbons (Fsp3) is 0.138. The van der Waals surface area contributed by atoms with Gasteiger partial charge in [-0.3, -0.25) is 14.3 Å². The predicted octanol–water partition coefficient (Wildman–Crippen LogP) is 4.96. The molecule has 2 amide bonds. The number of carbonyl (C=O) groups is 2. The van der Waals surface area contributed by atoms with Crippen LogP contribution < -0.4 is 10.1 Å². The van der Waals surface area contributed by atoms with E-state index in [1.807, 2.05) is 59.4 Å². The van der Waals surface area contributed by atoms with Crippen LogP contribution in [0.4, 0.5) is 5.69 Å². The smallest absolute Gasteiger partial charge is 0.253 e. The maximum atomic E-state index is 12.8. The number of methoxy groups -OCH3 is 1. The first-order chi connectivity index (χ1) is 17.4. The van der Waals surface area contributed by atoms with Gasteiger partial charge in [-0.15, -0.1) is 0 Å². The lowest BCUT2D eigenvalue weighted by Gasteiger charge is -2.14. The molecule has 0 fully saturated rings. The number of ether oxygens (including phenoxy) is 1. The zero-order chi connectivity index (χ0) is 25.5. The van der Waals surface area contributed by atoms with Gasteiger partial charge in [-0.2, -0.15) is 5.10 Å². The van der Waals surface area contributed by atoms with Crippen molar-refractivity contribution in [3.8, 4) is 17.0 Å². The largest absolute Gasteiger partial charge is 0.495 e. The summed E-state index contributed by atoms with van der Waals surface area (Å²) in [7, 11) is 4.87. The Balaban J connectivity index is 1.59. The van der Waals surface area contributed by atoms with Crippen LogP contribution in [0, 0.1) is 0 Å². The molecule has 0 unspecified atom stereocenters. The van der Waals surface area contributed by atoms with E-state index in [0.29, 0.717) is 23.5 Å². The normalized spacial score (nSPS) is 10.9. The van der Waals surface area contributed by atoms with E-state index in [0.717, 1.165) is 22.4 Å². The van der Waals surface area contributed by atoms with Crippen molar-refractivity contribution in [3.63, 3.8) is 0 Å². The number of anilines is 1. The molecule has 0 bridgehead atoms. The van der Waals surface area contributed by atoms with E-state index in [4.69, 9.17) is 9.84 Å². The van der Waals surface area contributed by atoms with Crippen molar-refractivity contribution < 1.29 is 14.3 Å². The summed E-state index contributed by atoms with van der Waals surface area (Å²) in [6.45, 7) is 0.616. The Labute approximate surface area is 210 Å². The molecular weight excluding hydrogens is 452 g/mol. The van der Waals surface area contributed by atoms with E-state index in [-0.39, 0.29) is 11.8 Å². The van der Waals surface area contributed by atoms with Crippen LogP contribution in [0.25, 0.3) is 17.3 Å². The number of aromatic nitrogens is 2. The van der Waals surface area contributed by atoms with Crippen molar-refractivity contribution in [1.29, 1.82) is 0 Å². The third-order valence-electron chi connectivity index (χ3n) is 5.55. The van der Waals surface area contributed by atoms with Crippen LogP contribution in [-0.2, 0) is 11.3 Å². The monoisotopic (exact) mass is 480 g/mol. The predicted molar refractivity (Wildman–Crippen MR) is 142 cm³/mol. The molecule has 7 heteroatoms. The standard InChI is InChI=1S/C29H28N4O3/c1-32(2)29(35)23-14-16-26(36-3)25(18-23)30-27(34)17-15-24-20-33(19-21-10-6-4-7-11-21)31-28(24)22-12-8-5-9-13-22/h4-18,20H,19H2,1-3H3,(H,30,34). The summed E-state index contributed by atoms with van der Waals surface area (Å²) >= 11 is 0. The van der Waals surface area contributed by atoms with Crippen molar-refractivity contribution in [3.05, 3.63) is 108 Å². The first-order valence-corrected chi connectivity index (χ1v) is 11.5. The van der Waals surface area contributed by atoms with Crippen molar-refractivity contribution in [2.24, 2.45) is 0 Å². The number of hydrogen-bond acceptors (Lipinski definition) is 4.